The number of hydrogen-bond acceptors (Lipinski definition) is 8. The summed E-state index contributed by atoms with van der Waals surface area (Å²) in [5.41, 5.74) is 13.4. The summed E-state index contributed by atoms with van der Waals surface area (Å²) in [5, 5.41) is 12.8. The van der Waals surface area contributed by atoms with Crippen molar-refractivity contribution in [2.24, 2.45) is 22.8 Å². The van der Waals surface area contributed by atoms with Gasteiger partial charge in [-0.05, 0) is 42.6 Å². The molecule has 194 valence electrons. The number of carbonyl (C=O) groups excluding carboxylic acids is 1. The number of hydrogen-bond donors (Lipinski definition) is 4. The Bertz CT molecular complexity index is 1150. The summed E-state index contributed by atoms with van der Waals surface area (Å²) in [7, 11) is 0. The fraction of sp³-hybridized carbons (Fsp3) is 0.560. The molecule has 1 saturated carbocycles. The van der Waals surface area contributed by atoms with Crippen molar-refractivity contribution < 1.29 is 9.90 Å². The monoisotopic (exact) mass is 496 g/mol. The molecule has 1 aromatic heterocycles. The molecule has 3 unspecified atom stereocenters. The van der Waals surface area contributed by atoms with Crippen molar-refractivity contribution in [1.82, 2.24) is 24.3 Å². The highest BCUT2D eigenvalue weighted by molar-refractivity contribution is 5.88. The Hall–Kier alpha value is -2.83. The van der Waals surface area contributed by atoms with E-state index in [1.165, 1.54) is 10.1 Å². The Morgan fingerprint density at radius 2 is 1.94 bits per heavy atom. The Kier molecular flexibility index (Phi) is 6.84. The van der Waals surface area contributed by atoms with Gasteiger partial charge in [0.05, 0.1) is 5.69 Å². The Balaban J connectivity index is 1.15. The number of aliphatic hydroxyl groups is 1. The summed E-state index contributed by atoms with van der Waals surface area (Å²) in [4.78, 5) is 35.3. The average Bonchev–Trinajstić information content (AvgIpc) is 3.18. The Morgan fingerprint density at radius 1 is 1.22 bits per heavy atom. The third-order valence-electron chi connectivity index (χ3n) is 8.06. The van der Waals surface area contributed by atoms with Gasteiger partial charge >= 0.3 is 11.7 Å². The van der Waals surface area contributed by atoms with Crippen LogP contribution >= 0.6 is 0 Å². The normalized spacial score (nSPS) is 27.1. The lowest BCUT2D eigenvalue weighted by Crippen LogP contribution is -2.53. The molecule has 0 spiro atoms. The maximum Gasteiger partial charge on any atom is 0.354 e. The number of anilines is 1. The van der Waals surface area contributed by atoms with Crippen LogP contribution in [0.15, 0.2) is 41.3 Å². The predicted molar refractivity (Wildman–Crippen MR) is 137 cm³/mol. The van der Waals surface area contributed by atoms with Gasteiger partial charge in [-0.15, -0.1) is 0 Å². The SMILES string of the molecule is C[C@@]12CN(Cc3ccc(-n4ccc(NC(=O)N5CCN(C(O)CCN)CC5)nc4=O)cc3)CC1C2N. The number of nitrogens with one attached hydrogen (secondary N) is 1. The number of fused-ring (bicyclic) bond motifs is 1. The van der Waals surface area contributed by atoms with Gasteiger partial charge in [0.25, 0.3) is 0 Å². The van der Waals surface area contributed by atoms with E-state index < -0.39 is 11.9 Å². The molecular formula is C25H36N8O3. The molecule has 11 heteroatoms. The van der Waals surface area contributed by atoms with Gasteiger partial charge in [0.2, 0.25) is 0 Å². The van der Waals surface area contributed by atoms with E-state index in [1.54, 1.807) is 17.2 Å². The second-order valence-electron chi connectivity index (χ2n) is 10.5. The van der Waals surface area contributed by atoms with E-state index in [0.29, 0.717) is 51.1 Å². The molecule has 3 aliphatic rings. The molecule has 0 bridgehead atoms. The van der Waals surface area contributed by atoms with Crippen LogP contribution in [0.3, 0.4) is 0 Å². The number of urea groups is 1. The van der Waals surface area contributed by atoms with Crippen molar-refractivity contribution in [2.75, 3.05) is 51.1 Å². The predicted octanol–water partition coefficient (Wildman–Crippen LogP) is -0.172. The summed E-state index contributed by atoms with van der Waals surface area (Å²) in [6.07, 6.45) is 1.54. The van der Waals surface area contributed by atoms with Crippen molar-refractivity contribution in [3.8, 4) is 5.69 Å². The van der Waals surface area contributed by atoms with Crippen LogP contribution < -0.4 is 22.5 Å². The highest BCUT2D eigenvalue weighted by Gasteiger charge is 2.63. The summed E-state index contributed by atoms with van der Waals surface area (Å²) in [6, 6.07) is 9.55. The molecule has 6 N–H and O–H groups in total. The molecule has 1 aliphatic carbocycles. The second kappa shape index (κ2) is 9.91. The number of rotatable bonds is 7. The first-order valence-corrected chi connectivity index (χ1v) is 12.6. The first kappa shape index (κ1) is 24.8. The summed E-state index contributed by atoms with van der Waals surface area (Å²) >= 11 is 0. The molecule has 2 saturated heterocycles. The number of piperazine rings is 1. The van der Waals surface area contributed by atoms with Crippen LogP contribution in [0.5, 0.6) is 0 Å². The zero-order valence-corrected chi connectivity index (χ0v) is 20.7. The van der Waals surface area contributed by atoms with Gasteiger partial charge in [0.1, 0.15) is 12.0 Å². The fourth-order valence-electron chi connectivity index (χ4n) is 5.62. The molecule has 36 heavy (non-hydrogen) atoms. The minimum atomic E-state index is -0.586. The first-order valence-electron chi connectivity index (χ1n) is 12.6. The number of carbonyl (C=O) groups is 1. The highest BCUT2D eigenvalue weighted by atomic mass is 16.3. The van der Waals surface area contributed by atoms with Crippen molar-refractivity contribution >= 4 is 11.8 Å². The molecule has 2 amide bonds. The molecular weight excluding hydrogens is 460 g/mol. The molecule has 5 rings (SSSR count). The van der Waals surface area contributed by atoms with Gasteiger partial charge in [-0.3, -0.25) is 19.7 Å². The molecule has 2 aliphatic heterocycles. The smallest absolute Gasteiger partial charge is 0.354 e. The molecule has 0 radical (unpaired) electrons. The minimum absolute atomic E-state index is 0.211. The zero-order chi connectivity index (χ0) is 25.4. The number of benzene rings is 1. The van der Waals surface area contributed by atoms with Crippen molar-refractivity contribution in [1.29, 1.82) is 0 Å². The van der Waals surface area contributed by atoms with Crippen molar-refractivity contribution in [3.63, 3.8) is 0 Å². The molecule has 11 nitrogen and oxygen atoms in total. The van der Waals surface area contributed by atoms with Crippen LogP contribution in [0, 0.1) is 11.3 Å². The summed E-state index contributed by atoms with van der Waals surface area (Å²) in [6.45, 7) is 7.70. The highest BCUT2D eigenvalue weighted by Crippen LogP contribution is 2.56. The number of aliphatic hydroxyl groups excluding tert-OH is 1. The number of amides is 2. The van der Waals surface area contributed by atoms with Gasteiger partial charge in [-0.2, -0.15) is 4.98 Å². The van der Waals surface area contributed by atoms with Gasteiger partial charge in [0, 0.05) is 63.5 Å². The van der Waals surface area contributed by atoms with E-state index in [0.717, 1.165) is 25.3 Å². The van der Waals surface area contributed by atoms with Crippen LogP contribution in [0.2, 0.25) is 0 Å². The third-order valence-corrected chi connectivity index (χ3v) is 8.06. The average molecular weight is 497 g/mol. The first-order chi connectivity index (χ1) is 17.3. The van der Waals surface area contributed by atoms with Crippen LogP contribution in [-0.4, -0.2) is 93.5 Å². The maximum absolute atomic E-state index is 12.7. The molecule has 1 aromatic carbocycles. The van der Waals surface area contributed by atoms with E-state index in [2.05, 4.69) is 22.1 Å². The van der Waals surface area contributed by atoms with E-state index >= 15 is 0 Å². The van der Waals surface area contributed by atoms with E-state index in [4.69, 9.17) is 11.5 Å². The second-order valence-corrected chi connectivity index (χ2v) is 10.5. The standard InChI is InChI=1S/C25H36N8O3/c1-25-16-30(15-19(25)22(25)27)14-17-2-4-18(5-3-17)33-9-7-20(29-24(33)36)28-23(35)32-12-10-31(11-13-32)21(34)6-8-26/h2-5,7,9,19,21-22,34H,6,8,10-16,26-27H2,1H3,(H,28,29,35,36)/t19?,21?,22?,25-/m1/s1. The van der Waals surface area contributed by atoms with Crippen LogP contribution in [0.4, 0.5) is 10.6 Å². The third kappa shape index (κ3) is 4.89. The quantitative estimate of drug-likeness (QED) is 0.413. The fourth-order valence-corrected chi connectivity index (χ4v) is 5.62. The van der Waals surface area contributed by atoms with Gasteiger partial charge in [0.15, 0.2) is 0 Å². The number of nitrogens with two attached hydrogens (primary N) is 2. The molecule has 2 aromatic rings. The van der Waals surface area contributed by atoms with E-state index in [-0.39, 0.29) is 17.3 Å². The van der Waals surface area contributed by atoms with E-state index in [9.17, 15) is 14.7 Å². The van der Waals surface area contributed by atoms with Crippen molar-refractivity contribution in [2.45, 2.75) is 32.2 Å². The largest absolute Gasteiger partial charge is 0.378 e. The van der Waals surface area contributed by atoms with Crippen LogP contribution in [0.1, 0.15) is 18.9 Å². The molecule has 3 heterocycles. The van der Waals surface area contributed by atoms with Crippen LogP contribution in [-0.2, 0) is 6.54 Å². The lowest BCUT2D eigenvalue weighted by molar-refractivity contribution is -0.0213. The molecule has 4 atom stereocenters. The summed E-state index contributed by atoms with van der Waals surface area (Å²) in [5.74, 6) is 0.821. The van der Waals surface area contributed by atoms with Gasteiger partial charge in [-0.25, -0.2) is 9.59 Å². The Labute approximate surface area is 210 Å². The maximum atomic E-state index is 12.7. The number of aromatic nitrogens is 2. The van der Waals surface area contributed by atoms with Crippen LogP contribution in [0.25, 0.3) is 5.69 Å². The Morgan fingerprint density at radius 3 is 2.56 bits per heavy atom. The van der Waals surface area contributed by atoms with Gasteiger partial charge in [-0.1, -0.05) is 19.1 Å². The zero-order valence-electron chi connectivity index (χ0n) is 20.7. The van der Waals surface area contributed by atoms with Crippen molar-refractivity contribution in [3.05, 3.63) is 52.6 Å². The summed E-state index contributed by atoms with van der Waals surface area (Å²) < 4.78 is 1.46. The topological polar surface area (TPSA) is 146 Å². The minimum Gasteiger partial charge on any atom is -0.378 e. The lowest BCUT2D eigenvalue weighted by atomic mass is 10.1. The number of likely N-dealkylation sites (tertiary alicyclic amines) is 1. The van der Waals surface area contributed by atoms with Gasteiger partial charge < -0.3 is 21.5 Å². The lowest BCUT2D eigenvalue weighted by Gasteiger charge is -2.37. The number of nitrogens with zero attached hydrogens (tertiary/aromatic N) is 5. The van der Waals surface area contributed by atoms with E-state index in [1.807, 2.05) is 29.2 Å². The number of piperidine rings is 1. The molecule has 3 fully saturated rings.